The van der Waals surface area contributed by atoms with Crippen LogP contribution in [0.2, 0.25) is 0 Å². The fourth-order valence-electron chi connectivity index (χ4n) is 2.24. The van der Waals surface area contributed by atoms with E-state index < -0.39 is 0 Å². The van der Waals surface area contributed by atoms with Crippen LogP contribution in [0.25, 0.3) is 0 Å². The molecule has 2 N–H and O–H groups in total. The van der Waals surface area contributed by atoms with Gasteiger partial charge in [-0.3, -0.25) is 9.88 Å². The SMILES string of the molecule is Cc1ccc(CN2CCC(N)C(C)C2)cn1. The van der Waals surface area contributed by atoms with E-state index in [1.807, 2.05) is 13.1 Å². The van der Waals surface area contributed by atoms with Gasteiger partial charge >= 0.3 is 0 Å². The van der Waals surface area contributed by atoms with Crippen molar-refractivity contribution in [1.82, 2.24) is 9.88 Å². The van der Waals surface area contributed by atoms with Gasteiger partial charge in [0, 0.05) is 31.0 Å². The maximum Gasteiger partial charge on any atom is 0.0372 e. The molecule has 2 rings (SSSR count). The zero-order valence-corrected chi connectivity index (χ0v) is 10.2. The van der Waals surface area contributed by atoms with Crippen LogP contribution in [0, 0.1) is 12.8 Å². The first-order valence-electron chi connectivity index (χ1n) is 6.04. The number of nitrogens with two attached hydrogens (primary N) is 1. The number of pyridine rings is 1. The number of piperidine rings is 1. The van der Waals surface area contributed by atoms with Gasteiger partial charge in [0.2, 0.25) is 0 Å². The molecule has 1 saturated heterocycles. The molecule has 1 aromatic rings. The van der Waals surface area contributed by atoms with Crippen molar-refractivity contribution < 1.29 is 0 Å². The third-order valence-electron chi connectivity index (χ3n) is 3.43. The molecule has 88 valence electrons. The second-order valence-electron chi connectivity index (χ2n) is 4.97. The van der Waals surface area contributed by atoms with Crippen molar-refractivity contribution in [2.45, 2.75) is 32.9 Å². The molecule has 0 amide bonds. The lowest BCUT2D eigenvalue weighted by molar-refractivity contribution is 0.157. The Morgan fingerprint density at radius 2 is 2.31 bits per heavy atom. The van der Waals surface area contributed by atoms with E-state index in [-0.39, 0.29) is 0 Å². The largest absolute Gasteiger partial charge is 0.327 e. The summed E-state index contributed by atoms with van der Waals surface area (Å²) in [7, 11) is 0. The van der Waals surface area contributed by atoms with E-state index >= 15 is 0 Å². The predicted molar refractivity (Wildman–Crippen MR) is 66.0 cm³/mol. The van der Waals surface area contributed by atoms with E-state index in [9.17, 15) is 0 Å². The van der Waals surface area contributed by atoms with Gasteiger partial charge < -0.3 is 5.73 Å². The van der Waals surface area contributed by atoms with E-state index in [4.69, 9.17) is 5.73 Å². The molecule has 1 fully saturated rings. The minimum absolute atomic E-state index is 0.382. The molecule has 2 atom stereocenters. The molecule has 1 aromatic heterocycles. The Balaban J connectivity index is 1.93. The maximum absolute atomic E-state index is 6.01. The number of hydrogen-bond donors (Lipinski definition) is 1. The quantitative estimate of drug-likeness (QED) is 0.820. The average molecular weight is 219 g/mol. The van der Waals surface area contributed by atoms with Crippen molar-refractivity contribution in [2.24, 2.45) is 11.7 Å². The lowest BCUT2D eigenvalue weighted by atomic mass is 9.94. The first-order chi connectivity index (χ1) is 7.65. The number of hydrogen-bond acceptors (Lipinski definition) is 3. The van der Waals surface area contributed by atoms with Crippen molar-refractivity contribution in [3.05, 3.63) is 29.6 Å². The van der Waals surface area contributed by atoms with Crippen LogP contribution in [0.3, 0.4) is 0 Å². The van der Waals surface area contributed by atoms with Crippen molar-refractivity contribution in [3.8, 4) is 0 Å². The first-order valence-corrected chi connectivity index (χ1v) is 6.04. The molecule has 0 radical (unpaired) electrons. The highest BCUT2D eigenvalue weighted by molar-refractivity contribution is 5.13. The van der Waals surface area contributed by atoms with Gasteiger partial charge in [0.15, 0.2) is 0 Å². The lowest BCUT2D eigenvalue weighted by Gasteiger charge is -2.35. The fourth-order valence-corrected chi connectivity index (χ4v) is 2.24. The molecule has 3 heteroatoms. The predicted octanol–water partition coefficient (Wildman–Crippen LogP) is 1.56. The maximum atomic E-state index is 6.01. The summed E-state index contributed by atoms with van der Waals surface area (Å²) in [6.07, 6.45) is 3.09. The summed E-state index contributed by atoms with van der Waals surface area (Å²) in [5, 5.41) is 0. The van der Waals surface area contributed by atoms with Crippen LogP contribution in [0.15, 0.2) is 18.3 Å². The summed E-state index contributed by atoms with van der Waals surface area (Å²) in [5.74, 6) is 0.604. The van der Waals surface area contributed by atoms with Crippen LogP contribution in [0.1, 0.15) is 24.6 Å². The van der Waals surface area contributed by atoms with E-state index in [0.29, 0.717) is 12.0 Å². The Kier molecular flexibility index (Phi) is 3.56. The second kappa shape index (κ2) is 4.93. The first kappa shape index (κ1) is 11.6. The molecule has 1 aliphatic rings. The van der Waals surface area contributed by atoms with Gasteiger partial charge in [-0.25, -0.2) is 0 Å². The Morgan fingerprint density at radius 3 is 2.94 bits per heavy atom. The molecule has 3 nitrogen and oxygen atoms in total. The molecule has 1 aliphatic heterocycles. The monoisotopic (exact) mass is 219 g/mol. The van der Waals surface area contributed by atoms with Gasteiger partial charge in [-0.2, -0.15) is 0 Å². The normalized spacial score (nSPS) is 26.9. The Hall–Kier alpha value is -0.930. The van der Waals surface area contributed by atoms with Crippen molar-refractivity contribution in [1.29, 1.82) is 0 Å². The van der Waals surface area contributed by atoms with Crippen molar-refractivity contribution in [2.75, 3.05) is 13.1 Å². The van der Waals surface area contributed by atoms with E-state index in [1.54, 1.807) is 0 Å². The molecule has 0 aliphatic carbocycles. The summed E-state index contributed by atoms with van der Waals surface area (Å²) in [5.41, 5.74) is 8.40. The van der Waals surface area contributed by atoms with Gasteiger partial charge in [-0.05, 0) is 37.4 Å². The Labute approximate surface area is 97.7 Å². The van der Waals surface area contributed by atoms with Gasteiger partial charge in [0.1, 0.15) is 0 Å². The highest BCUT2D eigenvalue weighted by atomic mass is 15.1. The summed E-state index contributed by atoms with van der Waals surface area (Å²) >= 11 is 0. The minimum Gasteiger partial charge on any atom is -0.327 e. The highest BCUT2D eigenvalue weighted by Gasteiger charge is 2.22. The number of aryl methyl sites for hydroxylation is 1. The third kappa shape index (κ3) is 2.80. The van der Waals surface area contributed by atoms with E-state index in [1.165, 1.54) is 5.56 Å². The van der Waals surface area contributed by atoms with Gasteiger partial charge in [0.05, 0.1) is 0 Å². The van der Waals surface area contributed by atoms with Crippen molar-refractivity contribution >= 4 is 0 Å². The smallest absolute Gasteiger partial charge is 0.0372 e. The number of nitrogens with zero attached hydrogens (tertiary/aromatic N) is 2. The molecule has 0 spiro atoms. The number of rotatable bonds is 2. The second-order valence-corrected chi connectivity index (χ2v) is 4.97. The van der Waals surface area contributed by atoms with E-state index in [0.717, 1.165) is 31.7 Å². The van der Waals surface area contributed by atoms with Gasteiger partial charge in [-0.15, -0.1) is 0 Å². The van der Waals surface area contributed by atoms with Crippen LogP contribution in [0.5, 0.6) is 0 Å². The molecular formula is C13H21N3. The Bertz CT molecular complexity index is 334. The van der Waals surface area contributed by atoms with E-state index in [2.05, 4.69) is 28.9 Å². The van der Waals surface area contributed by atoms with Crippen molar-refractivity contribution in [3.63, 3.8) is 0 Å². The van der Waals surface area contributed by atoms with Crippen LogP contribution in [-0.4, -0.2) is 29.0 Å². The standard InChI is InChI=1S/C13H21N3/c1-10-8-16(6-5-13(10)14)9-12-4-3-11(2)15-7-12/h3-4,7,10,13H,5-6,8-9,14H2,1-2H3. The molecule has 0 bridgehead atoms. The molecule has 0 saturated carbocycles. The zero-order chi connectivity index (χ0) is 11.5. The molecule has 16 heavy (non-hydrogen) atoms. The average Bonchev–Trinajstić information content (AvgIpc) is 2.27. The molecule has 2 heterocycles. The zero-order valence-electron chi connectivity index (χ0n) is 10.2. The Morgan fingerprint density at radius 1 is 1.50 bits per heavy atom. The minimum atomic E-state index is 0.382. The van der Waals surface area contributed by atoms with Crippen LogP contribution >= 0.6 is 0 Å². The molecule has 0 aromatic carbocycles. The summed E-state index contributed by atoms with van der Waals surface area (Å²) in [6.45, 7) is 7.48. The number of aromatic nitrogens is 1. The summed E-state index contributed by atoms with van der Waals surface area (Å²) in [6, 6.07) is 4.63. The third-order valence-corrected chi connectivity index (χ3v) is 3.43. The molecular weight excluding hydrogens is 198 g/mol. The summed E-state index contributed by atoms with van der Waals surface area (Å²) < 4.78 is 0. The van der Waals surface area contributed by atoms with Crippen LogP contribution < -0.4 is 5.73 Å². The topological polar surface area (TPSA) is 42.1 Å². The molecule has 2 unspecified atom stereocenters. The fraction of sp³-hybridized carbons (Fsp3) is 0.615. The van der Waals surface area contributed by atoms with Gasteiger partial charge in [-0.1, -0.05) is 13.0 Å². The van der Waals surface area contributed by atoms with Gasteiger partial charge in [0.25, 0.3) is 0 Å². The number of likely N-dealkylation sites (tertiary alicyclic amines) is 1. The summed E-state index contributed by atoms with van der Waals surface area (Å²) in [4.78, 5) is 6.80. The van der Waals surface area contributed by atoms with Crippen LogP contribution in [-0.2, 0) is 6.54 Å². The van der Waals surface area contributed by atoms with Crippen LogP contribution in [0.4, 0.5) is 0 Å². The highest BCUT2D eigenvalue weighted by Crippen LogP contribution is 2.17. The lowest BCUT2D eigenvalue weighted by Crippen LogP contribution is -2.45.